The van der Waals surface area contributed by atoms with E-state index in [0.717, 1.165) is 34.4 Å². The van der Waals surface area contributed by atoms with Gasteiger partial charge in [-0.2, -0.15) is 5.26 Å². The average molecular weight is 379 g/mol. The maximum atomic E-state index is 9.28. The lowest BCUT2D eigenvalue weighted by atomic mass is 10.1. The number of methoxy groups -OCH3 is 1. The van der Waals surface area contributed by atoms with E-state index in [2.05, 4.69) is 34.7 Å². The third-order valence-corrected chi connectivity index (χ3v) is 5.12. The molecule has 0 aliphatic rings. The van der Waals surface area contributed by atoms with Gasteiger partial charge in [0.15, 0.2) is 11.0 Å². The minimum atomic E-state index is 0.462. The molecular weight excluding hydrogens is 356 g/mol. The predicted molar refractivity (Wildman–Crippen MR) is 108 cm³/mol. The van der Waals surface area contributed by atoms with Gasteiger partial charge < -0.3 is 9.30 Å². The van der Waals surface area contributed by atoms with Gasteiger partial charge in [-0.15, -0.1) is 10.2 Å². The molecule has 0 saturated heterocycles. The second-order valence-corrected chi connectivity index (χ2v) is 7.54. The number of aromatic nitrogens is 3. The molecule has 0 aliphatic heterocycles. The maximum absolute atomic E-state index is 9.28. The number of nitrogens with zero attached hydrogens (tertiary/aromatic N) is 4. The minimum absolute atomic E-state index is 0.462. The molecule has 1 aromatic heterocycles. The van der Waals surface area contributed by atoms with E-state index in [4.69, 9.17) is 4.74 Å². The Hall–Kier alpha value is -2.78. The van der Waals surface area contributed by atoms with Crippen molar-refractivity contribution in [3.8, 4) is 23.2 Å². The van der Waals surface area contributed by atoms with Crippen LogP contribution >= 0.6 is 11.8 Å². The van der Waals surface area contributed by atoms with E-state index in [1.807, 2.05) is 48.5 Å². The van der Waals surface area contributed by atoms with E-state index in [1.54, 1.807) is 18.9 Å². The van der Waals surface area contributed by atoms with Crippen molar-refractivity contribution in [2.45, 2.75) is 31.3 Å². The third-order valence-electron chi connectivity index (χ3n) is 4.11. The second kappa shape index (κ2) is 8.74. The fourth-order valence-electron chi connectivity index (χ4n) is 2.78. The summed E-state index contributed by atoms with van der Waals surface area (Å²) in [5.41, 5.74) is 2.72. The molecule has 3 aromatic rings. The zero-order valence-corrected chi connectivity index (χ0v) is 16.5. The lowest BCUT2D eigenvalue weighted by molar-refractivity contribution is 0.415. The Morgan fingerprint density at radius 3 is 2.52 bits per heavy atom. The Bertz CT molecular complexity index is 942. The predicted octanol–water partition coefficient (Wildman–Crippen LogP) is 4.77. The highest BCUT2D eigenvalue weighted by Gasteiger charge is 2.16. The molecule has 0 N–H and O–H groups in total. The molecule has 2 aromatic carbocycles. The summed E-state index contributed by atoms with van der Waals surface area (Å²) < 4.78 is 7.40. The van der Waals surface area contributed by atoms with E-state index in [-0.39, 0.29) is 0 Å². The SMILES string of the molecule is COc1ccc(-c2nnc(SCc3ccccc3C#N)n2CC(C)C)cc1. The zero-order valence-electron chi connectivity index (χ0n) is 15.7. The Kier molecular flexibility index (Phi) is 6.15. The van der Waals surface area contributed by atoms with E-state index in [1.165, 1.54) is 0 Å². The van der Waals surface area contributed by atoms with E-state index in [9.17, 15) is 5.26 Å². The van der Waals surface area contributed by atoms with Crippen LogP contribution in [-0.2, 0) is 12.3 Å². The third kappa shape index (κ3) is 4.50. The van der Waals surface area contributed by atoms with Crippen LogP contribution in [0.2, 0.25) is 0 Å². The van der Waals surface area contributed by atoms with Crippen LogP contribution in [0.25, 0.3) is 11.4 Å². The molecule has 0 amide bonds. The highest BCUT2D eigenvalue weighted by atomic mass is 32.2. The van der Waals surface area contributed by atoms with Crippen molar-refractivity contribution in [3.05, 3.63) is 59.7 Å². The van der Waals surface area contributed by atoms with Crippen LogP contribution in [0.1, 0.15) is 25.0 Å². The maximum Gasteiger partial charge on any atom is 0.191 e. The molecule has 0 fully saturated rings. The van der Waals surface area contributed by atoms with Gasteiger partial charge >= 0.3 is 0 Å². The number of nitriles is 1. The molecule has 0 radical (unpaired) electrons. The number of benzene rings is 2. The first-order chi connectivity index (χ1) is 13.1. The quantitative estimate of drug-likeness (QED) is 0.554. The first kappa shape index (κ1) is 19.0. The standard InChI is InChI=1S/C21H22N4OS/c1-15(2)13-25-20(16-8-10-19(26-3)11-9-16)23-24-21(25)27-14-18-7-5-4-6-17(18)12-22/h4-11,15H,13-14H2,1-3H3. The largest absolute Gasteiger partial charge is 0.497 e. The highest BCUT2D eigenvalue weighted by molar-refractivity contribution is 7.98. The summed E-state index contributed by atoms with van der Waals surface area (Å²) in [4.78, 5) is 0. The van der Waals surface area contributed by atoms with Crippen molar-refractivity contribution >= 4 is 11.8 Å². The zero-order chi connectivity index (χ0) is 19.2. The Labute approximate surface area is 164 Å². The highest BCUT2D eigenvalue weighted by Crippen LogP contribution is 2.29. The van der Waals surface area contributed by atoms with Gasteiger partial charge in [0.2, 0.25) is 0 Å². The van der Waals surface area contributed by atoms with Crippen molar-refractivity contribution in [1.29, 1.82) is 5.26 Å². The Morgan fingerprint density at radius 1 is 1.11 bits per heavy atom. The molecular formula is C21H22N4OS. The Morgan fingerprint density at radius 2 is 1.85 bits per heavy atom. The molecule has 0 saturated carbocycles. The molecule has 138 valence electrons. The van der Waals surface area contributed by atoms with E-state index < -0.39 is 0 Å². The van der Waals surface area contributed by atoms with E-state index >= 15 is 0 Å². The number of hydrogen-bond acceptors (Lipinski definition) is 5. The summed E-state index contributed by atoms with van der Waals surface area (Å²) >= 11 is 1.61. The van der Waals surface area contributed by atoms with Gasteiger partial charge in [0.05, 0.1) is 18.7 Å². The van der Waals surface area contributed by atoms with Crippen LogP contribution in [0.4, 0.5) is 0 Å². The van der Waals surface area contributed by atoms with Crippen molar-refractivity contribution in [1.82, 2.24) is 14.8 Å². The van der Waals surface area contributed by atoms with Crippen LogP contribution in [0, 0.1) is 17.2 Å². The summed E-state index contributed by atoms with van der Waals surface area (Å²) in [6, 6.07) is 17.8. The van der Waals surface area contributed by atoms with Crippen molar-refractivity contribution in [3.63, 3.8) is 0 Å². The van der Waals surface area contributed by atoms with Crippen LogP contribution < -0.4 is 4.74 Å². The number of ether oxygens (including phenoxy) is 1. The van der Waals surface area contributed by atoms with Gasteiger partial charge in [0.25, 0.3) is 0 Å². The normalized spacial score (nSPS) is 10.8. The van der Waals surface area contributed by atoms with E-state index in [0.29, 0.717) is 17.2 Å². The average Bonchev–Trinajstić information content (AvgIpc) is 3.08. The van der Waals surface area contributed by atoms with Gasteiger partial charge in [-0.25, -0.2) is 0 Å². The number of thioether (sulfide) groups is 1. The van der Waals surface area contributed by atoms with Crippen molar-refractivity contribution in [2.75, 3.05) is 7.11 Å². The molecule has 0 bridgehead atoms. The van der Waals surface area contributed by atoms with Gasteiger partial charge in [-0.1, -0.05) is 43.8 Å². The first-order valence-electron chi connectivity index (χ1n) is 8.80. The summed E-state index contributed by atoms with van der Waals surface area (Å²) in [6.07, 6.45) is 0. The van der Waals surface area contributed by atoms with Crippen LogP contribution in [0.5, 0.6) is 5.75 Å². The molecule has 0 atom stereocenters. The molecule has 1 heterocycles. The molecule has 6 heteroatoms. The summed E-state index contributed by atoms with van der Waals surface area (Å²) in [7, 11) is 1.66. The fraction of sp³-hybridized carbons (Fsp3) is 0.286. The van der Waals surface area contributed by atoms with Gasteiger partial charge in [0.1, 0.15) is 5.75 Å². The summed E-state index contributed by atoms with van der Waals surface area (Å²) in [5.74, 6) is 2.81. The molecule has 5 nitrogen and oxygen atoms in total. The molecule has 0 unspecified atom stereocenters. The Balaban J connectivity index is 1.89. The number of rotatable bonds is 7. The second-order valence-electron chi connectivity index (χ2n) is 6.60. The molecule has 0 aliphatic carbocycles. The monoisotopic (exact) mass is 378 g/mol. The van der Waals surface area contributed by atoms with Crippen LogP contribution in [-0.4, -0.2) is 21.9 Å². The molecule has 27 heavy (non-hydrogen) atoms. The number of hydrogen-bond donors (Lipinski definition) is 0. The summed E-state index contributed by atoms with van der Waals surface area (Å²) in [6.45, 7) is 5.19. The van der Waals surface area contributed by atoms with Crippen molar-refractivity contribution in [2.24, 2.45) is 5.92 Å². The van der Waals surface area contributed by atoms with Gasteiger partial charge in [-0.05, 0) is 41.8 Å². The molecule has 3 rings (SSSR count). The van der Waals surface area contributed by atoms with Gasteiger partial charge in [-0.3, -0.25) is 0 Å². The fourth-order valence-corrected chi connectivity index (χ4v) is 3.73. The topological polar surface area (TPSA) is 63.7 Å². The smallest absolute Gasteiger partial charge is 0.191 e. The summed E-state index contributed by atoms with van der Waals surface area (Å²) in [5, 5.41) is 19.0. The van der Waals surface area contributed by atoms with Crippen molar-refractivity contribution < 1.29 is 4.74 Å². The first-order valence-corrected chi connectivity index (χ1v) is 9.79. The lowest BCUT2D eigenvalue weighted by Crippen LogP contribution is -2.08. The van der Waals surface area contributed by atoms with Crippen LogP contribution in [0.3, 0.4) is 0 Å². The lowest BCUT2D eigenvalue weighted by Gasteiger charge is -2.13. The van der Waals surface area contributed by atoms with Crippen LogP contribution in [0.15, 0.2) is 53.7 Å². The minimum Gasteiger partial charge on any atom is -0.497 e. The molecule has 0 spiro atoms. The van der Waals surface area contributed by atoms with Gasteiger partial charge in [0, 0.05) is 17.9 Å².